The molecule has 0 spiro atoms. The second-order valence-electron chi connectivity index (χ2n) is 9.51. The lowest BCUT2D eigenvalue weighted by atomic mass is 9.68. The van der Waals surface area contributed by atoms with E-state index in [-0.39, 0.29) is 18.6 Å². The molecular formula is C31H27BrF2NO4PS. The van der Waals surface area contributed by atoms with Crippen LogP contribution in [0.2, 0.25) is 0 Å². The average molecular weight is 659 g/mol. The number of carbonyl (C=O) groups is 1. The van der Waals surface area contributed by atoms with Gasteiger partial charge in [-0.3, -0.25) is 14.3 Å². The van der Waals surface area contributed by atoms with Gasteiger partial charge in [0.05, 0.1) is 5.41 Å². The number of Topliss-reactive ketones (excluding diaryl/α,β-unsaturated/α-hetero) is 1. The molecule has 0 aliphatic heterocycles. The molecule has 1 heterocycles. The van der Waals surface area contributed by atoms with Gasteiger partial charge in [-0.05, 0) is 69.9 Å². The van der Waals surface area contributed by atoms with Crippen LogP contribution >= 0.6 is 35.3 Å². The van der Waals surface area contributed by atoms with Gasteiger partial charge in [0.25, 0.3) is 0 Å². The molecule has 4 aromatic rings. The van der Waals surface area contributed by atoms with Crippen molar-refractivity contribution in [1.29, 1.82) is 0 Å². The summed E-state index contributed by atoms with van der Waals surface area (Å²) in [7, 11) is -5.72. The number of rotatable bonds is 11. The number of alkyl halides is 2. The van der Waals surface area contributed by atoms with Gasteiger partial charge in [0, 0.05) is 32.9 Å². The zero-order valence-corrected chi connectivity index (χ0v) is 25.3. The van der Waals surface area contributed by atoms with E-state index in [1.54, 1.807) is 24.0 Å². The summed E-state index contributed by atoms with van der Waals surface area (Å²) in [6.45, 7) is 0. The Morgan fingerprint density at radius 1 is 0.976 bits per heavy atom. The van der Waals surface area contributed by atoms with Gasteiger partial charge in [0.15, 0.2) is 5.78 Å². The molecule has 0 amide bonds. The van der Waals surface area contributed by atoms with E-state index in [1.165, 1.54) is 18.3 Å². The highest BCUT2D eigenvalue weighted by Gasteiger charge is 2.50. The minimum atomic E-state index is -5.72. The second-order valence-corrected chi connectivity index (χ2v) is 13.0. The fraction of sp³-hybridized carbons (Fsp3) is 0.161. The SMILES string of the molecule is CSc1ccc(C(C/C=C/c2ccccc2)(Cc2ccc(C(F)(F)P(=O)(O)O)cc2)C(=O)c2cncc(Br)c2)cc1. The highest BCUT2D eigenvalue weighted by atomic mass is 79.9. The first-order valence-electron chi connectivity index (χ1n) is 12.5. The van der Waals surface area contributed by atoms with Gasteiger partial charge in [-0.2, -0.15) is 8.78 Å². The van der Waals surface area contributed by atoms with E-state index in [4.69, 9.17) is 9.79 Å². The summed E-state index contributed by atoms with van der Waals surface area (Å²) in [4.78, 5) is 38.0. The molecular weight excluding hydrogens is 631 g/mol. The molecule has 1 unspecified atom stereocenters. The molecule has 212 valence electrons. The normalized spacial score (nSPS) is 13.7. The minimum Gasteiger partial charge on any atom is -0.320 e. The number of hydrogen-bond donors (Lipinski definition) is 2. The summed E-state index contributed by atoms with van der Waals surface area (Å²) in [5.74, 6) is -0.203. The molecule has 0 saturated heterocycles. The number of benzene rings is 3. The summed E-state index contributed by atoms with van der Waals surface area (Å²) in [6, 6.07) is 23.8. The lowest BCUT2D eigenvalue weighted by Crippen LogP contribution is -2.38. The minimum absolute atomic E-state index is 0.137. The van der Waals surface area contributed by atoms with E-state index in [9.17, 15) is 18.1 Å². The Bertz CT molecular complexity index is 1580. The van der Waals surface area contributed by atoms with Crippen LogP contribution in [0.25, 0.3) is 6.08 Å². The van der Waals surface area contributed by atoms with Gasteiger partial charge in [-0.1, -0.05) is 78.9 Å². The molecule has 1 atom stereocenters. The molecule has 0 bridgehead atoms. The Morgan fingerprint density at radius 2 is 1.61 bits per heavy atom. The fourth-order valence-corrected chi connectivity index (χ4v) is 5.88. The van der Waals surface area contributed by atoms with E-state index < -0.39 is 24.2 Å². The molecule has 0 fully saturated rings. The van der Waals surface area contributed by atoms with Crippen molar-refractivity contribution in [2.45, 2.75) is 28.8 Å². The molecule has 0 saturated carbocycles. The van der Waals surface area contributed by atoms with Crippen LogP contribution in [0.3, 0.4) is 0 Å². The number of allylic oxidation sites excluding steroid dienone is 1. The predicted molar refractivity (Wildman–Crippen MR) is 162 cm³/mol. The number of pyridine rings is 1. The molecule has 41 heavy (non-hydrogen) atoms. The zero-order valence-electron chi connectivity index (χ0n) is 22.0. The van der Waals surface area contributed by atoms with Crippen molar-refractivity contribution >= 4 is 47.1 Å². The maximum Gasteiger partial charge on any atom is 0.399 e. The Labute approximate surface area is 250 Å². The van der Waals surface area contributed by atoms with Gasteiger partial charge >= 0.3 is 13.3 Å². The lowest BCUT2D eigenvalue weighted by molar-refractivity contribution is 0.0564. The number of thioether (sulfide) groups is 1. The van der Waals surface area contributed by atoms with Gasteiger partial charge in [-0.25, -0.2) is 0 Å². The monoisotopic (exact) mass is 657 g/mol. The van der Waals surface area contributed by atoms with E-state index in [1.807, 2.05) is 73.0 Å². The Balaban J connectivity index is 1.85. The van der Waals surface area contributed by atoms with Crippen LogP contribution < -0.4 is 0 Å². The summed E-state index contributed by atoms with van der Waals surface area (Å²) in [5.41, 5.74) is -3.65. The molecule has 4 rings (SSSR count). The topological polar surface area (TPSA) is 87.5 Å². The maximum atomic E-state index is 14.5. The third kappa shape index (κ3) is 7.11. The van der Waals surface area contributed by atoms with Gasteiger partial charge in [0.1, 0.15) is 0 Å². The molecule has 0 aliphatic rings. The standard InChI is InChI=1S/C31H27BrF2NO4PS/c1-41-28-15-13-25(14-16-28)30(17-5-8-22-6-3-2-4-7-22,29(36)24-18-27(32)21-35-20-24)19-23-9-11-26(12-10-23)31(33,34)40(37,38)39/h2-16,18,20-21H,17,19H2,1H3,(H2,37,38,39)/b8-5+. The van der Waals surface area contributed by atoms with Crippen molar-refractivity contribution in [1.82, 2.24) is 4.98 Å². The Morgan fingerprint density at radius 3 is 2.20 bits per heavy atom. The van der Waals surface area contributed by atoms with Crippen molar-refractivity contribution < 1.29 is 27.9 Å². The molecule has 2 N–H and O–H groups in total. The van der Waals surface area contributed by atoms with E-state index in [0.29, 0.717) is 15.6 Å². The number of nitrogens with zero attached hydrogens (tertiary/aromatic N) is 1. The molecule has 1 aromatic heterocycles. The predicted octanol–water partition coefficient (Wildman–Crippen LogP) is 8.26. The first kappa shape index (κ1) is 31.0. The Hall–Kier alpha value is -2.94. The van der Waals surface area contributed by atoms with Crippen LogP contribution in [0.4, 0.5) is 8.78 Å². The Kier molecular flexibility index (Phi) is 9.77. The smallest absolute Gasteiger partial charge is 0.320 e. The van der Waals surface area contributed by atoms with E-state index >= 15 is 0 Å². The molecule has 0 radical (unpaired) electrons. The van der Waals surface area contributed by atoms with Crippen molar-refractivity contribution in [2.24, 2.45) is 0 Å². The third-order valence-corrected chi connectivity index (χ3v) is 8.96. The van der Waals surface area contributed by atoms with Crippen LogP contribution in [-0.2, 0) is 22.1 Å². The molecule has 5 nitrogen and oxygen atoms in total. The summed E-state index contributed by atoms with van der Waals surface area (Å²) in [6.07, 6.45) is 9.32. The van der Waals surface area contributed by atoms with Crippen LogP contribution in [0.15, 0.2) is 113 Å². The highest BCUT2D eigenvalue weighted by Crippen LogP contribution is 2.59. The first-order valence-corrected chi connectivity index (χ1v) is 16.1. The number of carbonyl (C=O) groups excluding carboxylic acids is 1. The largest absolute Gasteiger partial charge is 0.399 e. The zero-order chi connectivity index (χ0) is 29.7. The van der Waals surface area contributed by atoms with Gasteiger partial charge in [-0.15, -0.1) is 11.8 Å². The van der Waals surface area contributed by atoms with Crippen molar-refractivity contribution in [2.75, 3.05) is 6.26 Å². The van der Waals surface area contributed by atoms with Crippen LogP contribution in [0.5, 0.6) is 0 Å². The lowest BCUT2D eigenvalue weighted by Gasteiger charge is -2.33. The third-order valence-electron chi connectivity index (χ3n) is 6.79. The van der Waals surface area contributed by atoms with Crippen LogP contribution in [0.1, 0.15) is 39.0 Å². The van der Waals surface area contributed by atoms with Crippen molar-refractivity contribution in [3.63, 3.8) is 0 Å². The van der Waals surface area contributed by atoms with Gasteiger partial charge in [0.2, 0.25) is 0 Å². The number of halogens is 3. The van der Waals surface area contributed by atoms with E-state index in [2.05, 4.69) is 20.9 Å². The van der Waals surface area contributed by atoms with Crippen molar-refractivity contribution in [3.05, 3.63) is 136 Å². The van der Waals surface area contributed by atoms with E-state index in [0.717, 1.165) is 28.2 Å². The van der Waals surface area contributed by atoms with Gasteiger partial charge < -0.3 is 9.79 Å². The quantitative estimate of drug-likeness (QED) is 0.0959. The number of aromatic nitrogens is 1. The van der Waals surface area contributed by atoms with Crippen LogP contribution in [0, 0.1) is 0 Å². The molecule has 0 aliphatic carbocycles. The number of ketones is 1. The summed E-state index contributed by atoms with van der Waals surface area (Å²) < 4.78 is 40.7. The fourth-order valence-electron chi connectivity index (χ4n) is 4.62. The molecule has 10 heteroatoms. The average Bonchev–Trinajstić information content (AvgIpc) is 2.96. The number of hydrogen-bond acceptors (Lipinski definition) is 4. The first-order chi connectivity index (χ1) is 19.5. The summed E-state index contributed by atoms with van der Waals surface area (Å²) >= 11 is 4.97. The van der Waals surface area contributed by atoms with Crippen molar-refractivity contribution in [3.8, 4) is 0 Å². The maximum absolute atomic E-state index is 14.5. The second kappa shape index (κ2) is 12.9. The summed E-state index contributed by atoms with van der Waals surface area (Å²) in [5, 5.41) is 0. The highest BCUT2D eigenvalue weighted by molar-refractivity contribution is 9.10. The van der Waals surface area contributed by atoms with Crippen LogP contribution in [-0.4, -0.2) is 26.8 Å². The molecule has 3 aromatic carbocycles.